The summed E-state index contributed by atoms with van der Waals surface area (Å²) >= 11 is 0. The van der Waals surface area contributed by atoms with Crippen LogP contribution in [0.5, 0.6) is 5.75 Å². The fraction of sp³-hybridized carbons (Fsp3) is 0.280. The Labute approximate surface area is 175 Å². The number of fused-ring (bicyclic) bond motifs is 1. The van der Waals surface area contributed by atoms with Gasteiger partial charge in [-0.15, -0.1) is 0 Å². The third kappa shape index (κ3) is 2.93. The maximum atomic E-state index is 13.4. The molecule has 2 unspecified atom stereocenters. The summed E-state index contributed by atoms with van der Waals surface area (Å²) in [5.74, 6) is 0.692. The standard InChI is InChI=1S/C25H24N2O3/c1-3-15-8-10-16(11-9-15)23-22-14(2)27-30-25(22)26-19-12-17(13-21(29)24(19)23)18-6-4-5-7-20(18)28/h4-11,17,23,26,28H,3,12-13H2,1-2H3. The van der Waals surface area contributed by atoms with E-state index in [1.807, 2.05) is 19.1 Å². The number of carbonyl (C=O) groups excluding carboxylic acids is 1. The molecule has 0 saturated carbocycles. The minimum Gasteiger partial charge on any atom is -0.508 e. The highest BCUT2D eigenvalue weighted by Gasteiger charge is 2.41. The van der Waals surface area contributed by atoms with Crippen LogP contribution in [0.2, 0.25) is 0 Å². The third-order valence-electron chi connectivity index (χ3n) is 6.36. The van der Waals surface area contributed by atoms with Gasteiger partial charge in [-0.05, 0) is 42.5 Å². The number of hydrogen-bond donors (Lipinski definition) is 2. The molecule has 1 aliphatic heterocycles. The van der Waals surface area contributed by atoms with Gasteiger partial charge in [0.15, 0.2) is 5.78 Å². The lowest BCUT2D eigenvalue weighted by molar-refractivity contribution is -0.116. The predicted octanol–water partition coefficient (Wildman–Crippen LogP) is 5.21. The molecule has 1 aromatic heterocycles. The van der Waals surface area contributed by atoms with E-state index < -0.39 is 0 Å². The van der Waals surface area contributed by atoms with E-state index in [0.717, 1.165) is 40.1 Å². The number of aryl methyl sites for hydroxylation is 2. The maximum absolute atomic E-state index is 13.4. The number of benzene rings is 2. The van der Waals surface area contributed by atoms with Crippen LogP contribution in [-0.4, -0.2) is 16.0 Å². The smallest absolute Gasteiger partial charge is 0.233 e. The summed E-state index contributed by atoms with van der Waals surface area (Å²) in [5, 5.41) is 17.8. The van der Waals surface area contributed by atoms with Crippen LogP contribution in [0.4, 0.5) is 5.88 Å². The number of nitrogens with one attached hydrogen (secondary N) is 1. The van der Waals surface area contributed by atoms with Gasteiger partial charge in [0, 0.05) is 29.5 Å². The summed E-state index contributed by atoms with van der Waals surface area (Å²) in [6, 6.07) is 15.7. The highest BCUT2D eigenvalue weighted by atomic mass is 16.5. The monoisotopic (exact) mass is 400 g/mol. The Morgan fingerprint density at radius 2 is 1.90 bits per heavy atom. The van der Waals surface area contributed by atoms with Gasteiger partial charge in [0.25, 0.3) is 0 Å². The maximum Gasteiger partial charge on any atom is 0.233 e. The lowest BCUT2D eigenvalue weighted by Gasteiger charge is -2.34. The first-order chi connectivity index (χ1) is 14.6. The Bertz CT molecular complexity index is 1160. The molecule has 0 radical (unpaired) electrons. The van der Waals surface area contributed by atoms with Crippen molar-refractivity contribution in [3.05, 3.63) is 87.7 Å². The van der Waals surface area contributed by atoms with Crippen molar-refractivity contribution in [1.82, 2.24) is 5.16 Å². The number of Topliss-reactive ketones (excluding diaryl/α,β-unsaturated/α-hetero) is 1. The van der Waals surface area contributed by atoms with E-state index in [1.165, 1.54) is 5.56 Å². The number of phenols is 1. The molecule has 152 valence electrons. The van der Waals surface area contributed by atoms with E-state index in [1.54, 1.807) is 12.1 Å². The quantitative estimate of drug-likeness (QED) is 0.631. The normalized spacial score (nSPS) is 20.5. The summed E-state index contributed by atoms with van der Waals surface area (Å²) in [7, 11) is 0. The van der Waals surface area contributed by atoms with Crippen LogP contribution >= 0.6 is 0 Å². The van der Waals surface area contributed by atoms with Crippen molar-refractivity contribution in [2.24, 2.45) is 0 Å². The number of para-hydroxylation sites is 1. The summed E-state index contributed by atoms with van der Waals surface area (Å²) < 4.78 is 5.58. The summed E-state index contributed by atoms with van der Waals surface area (Å²) in [6.45, 7) is 4.05. The van der Waals surface area contributed by atoms with Crippen molar-refractivity contribution in [2.45, 2.75) is 44.9 Å². The highest BCUT2D eigenvalue weighted by Crippen LogP contribution is 2.49. The number of phenolic OH excluding ortho intramolecular Hbond substituents is 1. The summed E-state index contributed by atoms with van der Waals surface area (Å²) in [4.78, 5) is 13.4. The first-order valence-corrected chi connectivity index (χ1v) is 10.4. The molecular weight excluding hydrogens is 376 g/mol. The summed E-state index contributed by atoms with van der Waals surface area (Å²) in [6.07, 6.45) is 1.99. The van der Waals surface area contributed by atoms with E-state index in [9.17, 15) is 9.90 Å². The van der Waals surface area contributed by atoms with Gasteiger partial charge in [0.2, 0.25) is 5.88 Å². The summed E-state index contributed by atoms with van der Waals surface area (Å²) in [5.41, 5.74) is 6.54. The first kappa shape index (κ1) is 18.7. The van der Waals surface area contributed by atoms with E-state index in [0.29, 0.717) is 18.7 Å². The first-order valence-electron chi connectivity index (χ1n) is 10.4. The molecule has 5 rings (SSSR count). The van der Waals surface area contributed by atoms with Gasteiger partial charge in [0.05, 0.1) is 11.3 Å². The molecule has 0 spiro atoms. The number of aromatic nitrogens is 1. The number of hydrogen-bond acceptors (Lipinski definition) is 5. The molecule has 2 aliphatic rings. The molecule has 2 aromatic carbocycles. The molecule has 0 amide bonds. The Kier molecular flexibility index (Phi) is 4.46. The number of carbonyl (C=O) groups is 1. The Balaban J connectivity index is 1.61. The van der Waals surface area contributed by atoms with Crippen molar-refractivity contribution < 1.29 is 14.4 Å². The molecule has 2 atom stereocenters. The molecule has 2 heterocycles. The molecule has 5 nitrogen and oxygen atoms in total. The van der Waals surface area contributed by atoms with Crippen LogP contribution in [0.25, 0.3) is 0 Å². The molecular formula is C25H24N2O3. The van der Waals surface area contributed by atoms with Gasteiger partial charge < -0.3 is 14.9 Å². The van der Waals surface area contributed by atoms with E-state index in [2.05, 4.69) is 41.7 Å². The Morgan fingerprint density at radius 1 is 1.13 bits per heavy atom. The second-order valence-electron chi connectivity index (χ2n) is 8.14. The zero-order chi connectivity index (χ0) is 20.8. The number of nitrogens with zero attached hydrogens (tertiary/aromatic N) is 1. The van der Waals surface area contributed by atoms with E-state index >= 15 is 0 Å². The Hall–Kier alpha value is -3.34. The molecule has 5 heteroatoms. The molecule has 1 aliphatic carbocycles. The van der Waals surface area contributed by atoms with Crippen LogP contribution < -0.4 is 5.32 Å². The van der Waals surface area contributed by atoms with Crippen molar-refractivity contribution in [1.29, 1.82) is 0 Å². The van der Waals surface area contributed by atoms with Crippen molar-refractivity contribution >= 4 is 11.7 Å². The average Bonchev–Trinajstić information content (AvgIpc) is 3.13. The van der Waals surface area contributed by atoms with Gasteiger partial charge >= 0.3 is 0 Å². The Morgan fingerprint density at radius 3 is 2.63 bits per heavy atom. The lowest BCUT2D eigenvalue weighted by Crippen LogP contribution is -2.29. The molecule has 3 aromatic rings. The fourth-order valence-electron chi connectivity index (χ4n) is 4.80. The topological polar surface area (TPSA) is 75.4 Å². The average molecular weight is 400 g/mol. The lowest BCUT2D eigenvalue weighted by atomic mass is 9.72. The number of ketones is 1. The van der Waals surface area contributed by atoms with Crippen LogP contribution in [0.15, 0.2) is 64.3 Å². The van der Waals surface area contributed by atoms with E-state index in [4.69, 9.17) is 4.52 Å². The fourth-order valence-corrected chi connectivity index (χ4v) is 4.80. The van der Waals surface area contributed by atoms with Gasteiger partial charge in [-0.3, -0.25) is 4.79 Å². The zero-order valence-electron chi connectivity index (χ0n) is 17.1. The van der Waals surface area contributed by atoms with Crippen molar-refractivity contribution in [3.8, 4) is 5.75 Å². The second-order valence-corrected chi connectivity index (χ2v) is 8.14. The molecule has 0 bridgehead atoms. The molecule has 30 heavy (non-hydrogen) atoms. The predicted molar refractivity (Wildman–Crippen MR) is 115 cm³/mol. The highest BCUT2D eigenvalue weighted by molar-refractivity contribution is 6.01. The largest absolute Gasteiger partial charge is 0.508 e. The second kappa shape index (κ2) is 7.17. The zero-order valence-corrected chi connectivity index (χ0v) is 17.1. The third-order valence-corrected chi connectivity index (χ3v) is 6.36. The van der Waals surface area contributed by atoms with Gasteiger partial charge in [-0.25, -0.2) is 0 Å². The van der Waals surface area contributed by atoms with Crippen molar-refractivity contribution in [2.75, 3.05) is 5.32 Å². The number of rotatable bonds is 3. The minimum atomic E-state index is -0.189. The van der Waals surface area contributed by atoms with Crippen LogP contribution in [0, 0.1) is 6.92 Å². The number of anilines is 1. The SMILES string of the molecule is CCc1ccc(C2C3=C(CC(c4ccccc4O)CC3=O)Nc3onc(C)c32)cc1. The number of aromatic hydroxyl groups is 1. The van der Waals surface area contributed by atoms with Crippen LogP contribution in [0.1, 0.15) is 59.5 Å². The van der Waals surface area contributed by atoms with Crippen LogP contribution in [-0.2, 0) is 11.2 Å². The number of allylic oxidation sites excluding steroid dienone is 2. The van der Waals surface area contributed by atoms with Crippen molar-refractivity contribution in [3.63, 3.8) is 0 Å². The molecule has 2 N–H and O–H groups in total. The van der Waals surface area contributed by atoms with Gasteiger partial charge in [0.1, 0.15) is 5.75 Å². The van der Waals surface area contributed by atoms with Gasteiger partial charge in [-0.2, -0.15) is 0 Å². The van der Waals surface area contributed by atoms with Crippen LogP contribution in [0.3, 0.4) is 0 Å². The van der Waals surface area contributed by atoms with Gasteiger partial charge in [-0.1, -0.05) is 54.5 Å². The minimum absolute atomic E-state index is 0.0707. The molecule has 0 fully saturated rings. The molecule has 0 saturated heterocycles. The van der Waals surface area contributed by atoms with E-state index in [-0.39, 0.29) is 23.4 Å².